The van der Waals surface area contributed by atoms with E-state index in [0.717, 1.165) is 18.6 Å². The molecule has 3 atom stereocenters. The second kappa shape index (κ2) is 11.9. The molecule has 8 heteroatoms. The lowest BCUT2D eigenvalue weighted by atomic mass is 9.79. The standard InChI is InChI=1S/C25H47ClO6Si/c1-23(2,3)22(27)29-16-19(30-17-28-9)18-15-21(32-33(10,11)24(4,5)6)25(7,8)20(31-18)13-12-14-26/h15,18-20H,12-14,16-17H2,1-11H3/t18-,19+,20+/m0/s1. The average Bonchev–Trinajstić information content (AvgIpc) is 2.66. The molecule has 0 amide bonds. The SMILES string of the molecule is COCO[C@H](COC(=O)C(C)(C)C)[C@@H]1C=C(O[Si](C)(C)C(C)(C)C)C(C)(C)[C@@H](CCCCl)O1. The van der Waals surface area contributed by atoms with Crippen molar-refractivity contribution in [1.29, 1.82) is 0 Å². The summed E-state index contributed by atoms with van der Waals surface area (Å²) in [5, 5.41) is 0.0531. The van der Waals surface area contributed by atoms with Crippen molar-refractivity contribution < 1.29 is 28.2 Å². The third kappa shape index (κ3) is 8.53. The Kier molecular flexibility index (Phi) is 11.0. The maximum absolute atomic E-state index is 12.4. The quantitative estimate of drug-likeness (QED) is 0.142. The molecule has 0 saturated heterocycles. The topological polar surface area (TPSA) is 63.2 Å². The number of hydrogen-bond donors (Lipinski definition) is 0. The van der Waals surface area contributed by atoms with Crippen molar-refractivity contribution in [2.75, 3.05) is 26.4 Å². The molecule has 0 radical (unpaired) electrons. The first-order valence-corrected chi connectivity index (χ1v) is 15.3. The molecule has 0 aromatic rings. The number of carbonyl (C=O) groups is 1. The van der Waals surface area contributed by atoms with Gasteiger partial charge in [0, 0.05) is 18.4 Å². The zero-order valence-electron chi connectivity index (χ0n) is 22.7. The second-order valence-electron chi connectivity index (χ2n) is 12.0. The fourth-order valence-electron chi connectivity index (χ4n) is 3.17. The summed E-state index contributed by atoms with van der Waals surface area (Å²) in [6.07, 6.45) is 2.56. The van der Waals surface area contributed by atoms with Crippen LogP contribution < -0.4 is 0 Å². The number of methoxy groups -OCH3 is 1. The van der Waals surface area contributed by atoms with Gasteiger partial charge in [-0.3, -0.25) is 4.79 Å². The molecule has 1 aliphatic rings. The number of rotatable bonds is 11. The van der Waals surface area contributed by atoms with Crippen molar-refractivity contribution in [1.82, 2.24) is 0 Å². The molecular weight excluding hydrogens is 460 g/mol. The maximum atomic E-state index is 12.4. The minimum Gasteiger partial charge on any atom is -0.546 e. The highest BCUT2D eigenvalue weighted by molar-refractivity contribution is 6.74. The maximum Gasteiger partial charge on any atom is 0.311 e. The van der Waals surface area contributed by atoms with Crippen LogP contribution in [0.4, 0.5) is 0 Å². The first-order valence-electron chi connectivity index (χ1n) is 11.9. The number of hydrogen-bond acceptors (Lipinski definition) is 6. The second-order valence-corrected chi connectivity index (χ2v) is 17.1. The molecule has 33 heavy (non-hydrogen) atoms. The van der Waals surface area contributed by atoms with Crippen molar-refractivity contribution in [2.45, 2.75) is 105 Å². The van der Waals surface area contributed by atoms with E-state index in [2.05, 4.69) is 47.7 Å². The molecule has 0 aromatic heterocycles. The predicted octanol–water partition coefficient (Wildman–Crippen LogP) is 6.28. The Morgan fingerprint density at radius 3 is 2.30 bits per heavy atom. The monoisotopic (exact) mass is 506 g/mol. The summed E-state index contributed by atoms with van der Waals surface area (Å²) in [6.45, 7) is 21.1. The molecule has 0 bridgehead atoms. The molecule has 0 unspecified atom stereocenters. The molecule has 6 nitrogen and oxygen atoms in total. The van der Waals surface area contributed by atoms with Gasteiger partial charge in [0.15, 0.2) is 0 Å². The Morgan fingerprint density at radius 2 is 1.82 bits per heavy atom. The van der Waals surface area contributed by atoms with E-state index >= 15 is 0 Å². The average molecular weight is 507 g/mol. The van der Waals surface area contributed by atoms with Crippen LogP contribution in [0.25, 0.3) is 0 Å². The Bertz CT molecular complexity index is 663. The molecule has 1 rings (SSSR count). The number of carbonyl (C=O) groups excluding carboxylic acids is 1. The van der Waals surface area contributed by atoms with Crippen LogP contribution in [-0.4, -0.2) is 59.0 Å². The summed E-state index contributed by atoms with van der Waals surface area (Å²) in [5.41, 5.74) is -0.928. The third-order valence-corrected chi connectivity index (χ3v) is 11.2. The molecule has 0 aliphatic carbocycles. The number of halogens is 1. The molecule has 0 aromatic carbocycles. The van der Waals surface area contributed by atoms with Crippen LogP contribution in [0, 0.1) is 10.8 Å². The van der Waals surface area contributed by atoms with Gasteiger partial charge >= 0.3 is 5.97 Å². The van der Waals surface area contributed by atoms with Gasteiger partial charge in [-0.1, -0.05) is 34.6 Å². The minimum absolute atomic E-state index is 0.0531. The number of alkyl halides is 1. The van der Waals surface area contributed by atoms with Crippen LogP contribution in [0.15, 0.2) is 11.8 Å². The molecule has 1 aliphatic heterocycles. The van der Waals surface area contributed by atoms with E-state index < -0.39 is 25.9 Å². The minimum atomic E-state index is -2.09. The van der Waals surface area contributed by atoms with Crippen molar-refractivity contribution in [2.24, 2.45) is 10.8 Å². The van der Waals surface area contributed by atoms with Crippen molar-refractivity contribution in [3.63, 3.8) is 0 Å². The Balaban J connectivity index is 3.31. The van der Waals surface area contributed by atoms with Gasteiger partial charge < -0.3 is 23.4 Å². The predicted molar refractivity (Wildman–Crippen MR) is 136 cm³/mol. The van der Waals surface area contributed by atoms with E-state index in [0.29, 0.717) is 5.88 Å². The molecule has 194 valence electrons. The van der Waals surface area contributed by atoms with E-state index in [1.54, 1.807) is 7.11 Å². The first kappa shape index (κ1) is 30.4. The van der Waals surface area contributed by atoms with Crippen LogP contribution in [0.1, 0.15) is 68.2 Å². The highest BCUT2D eigenvalue weighted by Crippen LogP contribution is 2.46. The summed E-state index contributed by atoms with van der Waals surface area (Å²) in [6, 6.07) is 0. The molecule has 0 spiro atoms. The fourth-order valence-corrected chi connectivity index (χ4v) is 4.51. The van der Waals surface area contributed by atoms with Crippen LogP contribution in [0.5, 0.6) is 0 Å². The summed E-state index contributed by atoms with van der Waals surface area (Å²) >= 11 is 6.02. The van der Waals surface area contributed by atoms with E-state index in [-0.39, 0.29) is 35.9 Å². The van der Waals surface area contributed by atoms with E-state index in [9.17, 15) is 4.79 Å². The molecule has 0 N–H and O–H groups in total. The summed E-state index contributed by atoms with van der Waals surface area (Å²) in [4.78, 5) is 12.4. The summed E-state index contributed by atoms with van der Waals surface area (Å²) in [5.74, 6) is 1.19. The lowest BCUT2D eigenvalue weighted by Gasteiger charge is -2.47. The Hall–Kier alpha value is -0.603. The van der Waals surface area contributed by atoms with Gasteiger partial charge in [0.05, 0.1) is 17.3 Å². The highest BCUT2D eigenvalue weighted by Gasteiger charge is 2.47. The van der Waals surface area contributed by atoms with Crippen LogP contribution in [0.2, 0.25) is 18.1 Å². The van der Waals surface area contributed by atoms with Gasteiger partial charge in [-0.25, -0.2) is 0 Å². The first-order chi connectivity index (χ1) is 15.0. The van der Waals surface area contributed by atoms with Crippen molar-refractivity contribution in [3.8, 4) is 0 Å². The van der Waals surface area contributed by atoms with Crippen LogP contribution in [-0.2, 0) is 28.2 Å². The molecular formula is C25H47ClO6Si. The van der Waals surface area contributed by atoms with Crippen LogP contribution in [0.3, 0.4) is 0 Å². The van der Waals surface area contributed by atoms with Gasteiger partial charge in [0.1, 0.15) is 25.6 Å². The van der Waals surface area contributed by atoms with E-state index in [4.69, 9.17) is 35.0 Å². The van der Waals surface area contributed by atoms with Gasteiger partial charge in [-0.2, -0.15) is 0 Å². The largest absolute Gasteiger partial charge is 0.546 e. The summed E-state index contributed by atoms with van der Waals surface area (Å²) in [7, 11) is -0.530. The summed E-state index contributed by atoms with van der Waals surface area (Å²) < 4.78 is 30.0. The highest BCUT2D eigenvalue weighted by atomic mass is 35.5. The van der Waals surface area contributed by atoms with E-state index in [1.165, 1.54) is 0 Å². The molecule has 0 fully saturated rings. The Morgan fingerprint density at radius 1 is 1.21 bits per heavy atom. The third-order valence-electron chi connectivity index (χ3n) is 6.61. The smallest absolute Gasteiger partial charge is 0.311 e. The van der Waals surface area contributed by atoms with Crippen molar-refractivity contribution in [3.05, 3.63) is 11.8 Å². The lowest BCUT2D eigenvalue weighted by Crippen LogP contribution is -2.50. The van der Waals surface area contributed by atoms with Gasteiger partial charge in [0.25, 0.3) is 0 Å². The zero-order valence-corrected chi connectivity index (χ0v) is 24.4. The Labute approximate surface area is 207 Å². The lowest BCUT2D eigenvalue weighted by molar-refractivity contribution is -0.181. The van der Waals surface area contributed by atoms with Gasteiger partial charge in [-0.15, -0.1) is 11.6 Å². The van der Waals surface area contributed by atoms with Gasteiger partial charge in [-0.05, 0) is 57.8 Å². The van der Waals surface area contributed by atoms with Crippen molar-refractivity contribution >= 4 is 25.9 Å². The molecule has 1 heterocycles. The normalized spacial score (nSPS) is 22.5. The van der Waals surface area contributed by atoms with Crippen LogP contribution >= 0.6 is 11.6 Å². The van der Waals surface area contributed by atoms with Gasteiger partial charge in [0.2, 0.25) is 8.32 Å². The van der Waals surface area contributed by atoms with E-state index in [1.807, 2.05) is 26.8 Å². The fraction of sp³-hybridized carbons (Fsp3) is 0.880. The molecule has 0 saturated carbocycles. The zero-order chi connectivity index (χ0) is 25.7. The number of ether oxygens (including phenoxy) is 4. The number of esters is 1.